The Morgan fingerprint density at radius 1 is 1.00 bits per heavy atom. The predicted molar refractivity (Wildman–Crippen MR) is 72.1 cm³/mol. The highest BCUT2D eigenvalue weighted by Gasteiger charge is 2.33. The number of rotatable bonds is 5. The highest BCUT2D eigenvalue weighted by molar-refractivity contribution is 4.90. The van der Waals surface area contributed by atoms with Crippen LogP contribution >= 0.6 is 0 Å². The van der Waals surface area contributed by atoms with Gasteiger partial charge in [-0.25, -0.2) is 0 Å². The average Bonchev–Trinajstić information content (AvgIpc) is 2.89. The van der Waals surface area contributed by atoms with E-state index in [4.69, 9.17) is 0 Å². The summed E-state index contributed by atoms with van der Waals surface area (Å²) in [6.07, 6.45) is 11.8. The van der Waals surface area contributed by atoms with Crippen LogP contribution in [-0.2, 0) is 0 Å². The molecule has 1 N–H and O–H groups in total. The third-order valence-corrected chi connectivity index (χ3v) is 5.33. The monoisotopic (exact) mass is 236 g/mol. The van der Waals surface area contributed by atoms with Crippen molar-refractivity contribution in [3.63, 3.8) is 0 Å². The molecule has 2 heteroatoms. The molecular weight excluding hydrogens is 208 g/mol. The third kappa shape index (κ3) is 3.03. The quantitative estimate of drug-likeness (QED) is 0.738. The number of nitrogens with zero attached hydrogens (tertiary/aromatic N) is 1. The first-order valence-electron chi connectivity index (χ1n) is 7.87. The summed E-state index contributed by atoms with van der Waals surface area (Å²) in [7, 11) is 0. The van der Waals surface area contributed by atoms with Crippen molar-refractivity contribution >= 4 is 0 Å². The van der Waals surface area contributed by atoms with Gasteiger partial charge in [0.1, 0.15) is 0 Å². The predicted octanol–water partition coefficient (Wildman–Crippen LogP) is 2.64. The van der Waals surface area contributed by atoms with Crippen LogP contribution in [0.3, 0.4) is 0 Å². The van der Waals surface area contributed by atoms with Crippen LogP contribution in [0, 0.1) is 11.8 Å². The molecule has 3 heterocycles. The van der Waals surface area contributed by atoms with E-state index < -0.39 is 0 Å². The van der Waals surface area contributed by atoms with Gasteiger partial charge in [0.2, 0.25) is 0 Å². The molecule has 4 aliphatic rings. The van der Waals surface area contributed by atoms with Gasteiger partial charge in [0.05, 0.1) is 0 Å². The minimum absolute atomic E-state index is 0.820. The molecule has 0 spiro atoms. The van der Waals surface area contributed by atoms with Crippen LogP contribution in [-0.4, -0.2) is 37.1 Å². The van der Waals surface area contributed by atoms with Gasteiger partial charge in [-0.3, -0.25) is 0 Å². The van der Waals surface area contributed by atoms with E-state index in [9.17, 15) is 0 Å². The largest absolute Gasteiger partial charge is 0.312 e. The Morgan fingerprint density at radius 2 is 1.76 bits per heavy atom. The first kappa shape index (κ1) is 12.0. The molecule has 2 nitrogen and oxygen atoms in total. The average molecular weight is 236 g/mol. The molecule has 4 fully saturated rings. The molecule has 0 aromatic heterocycles. The number of nitrogens with one attached hydrogen (secondary N) is 1. The molecule has 0 aromatic carbocycles. The fourth-order valence-electron chi connectivity index (χ4n) is 4.17. The summed E-state index contributed by atoms with van der Waals surface area (Å²) in [5.74, 6) is 2.06. The van der Waals surface area contributed by atoms with Crippen LogP contribution in [0.2, 0.25) is 0 Å². The number of fused-ring (bicyclic) bond motifs is 3. The Kier molecular flexibility index (Phi) is 4.02. The van der Waals surface area contributed by atoms with E-state index in [1.165, 1.54) is 77.5 Å². The van der Waals surface area contributed by atoms with Gasteiger partial charge in [-0.1, -0.05) is 25.7 Å². The van der Waals surface area contributed by atoms with E-state index >= 15 is 0 Å². The Morgan fingerprint density at radius 3 is 2.41 bits per heavy atom. The maximum atomic E-state index is 3.84. The second-order valence-electron chi connectivity index (χ2n) is 6.49. The molecule has 1 atom stereocenters. The zero-order chi connectivity index (χ0) is 11.5. The van der Waals surface area contributed by atoms with E-state index in [2.05, 4.69) is 10.2 Å². The fourth-order valence-corrected chi connectivity index (χ4v) is 4.17. The van der Waals surface area contributed by atoms with Gasteiger partial charge in [-0.2, -0.15) is 0 Å². The summed E-state index contributed by atoms with van der Waals surface area (Å²) in [5.41, 5.74) is 0. The van der Waals surface area contributed by atoms with Crippen molar-refractivity contribution in [2.45, 2.75) is 57.4 Å². The molecule has 2 bridgehead atoms. The van der Waals surface area contributed by atoms with Gasteiger partial charge in [-0.05, 0) is 57.2 Å². The zero-order valence-electron chi connectivity index (χ0n) is 11.2. The van der Waals surface area contributed by atoms with Crippen LogP contribution in [0.5, 0.6) is 0 Å². The van der Waals surface area contributed by atoms with Crippen molar-refractivity contribution in [3.8, 4) is 0 Å². The zero-order valence-corrected chi connectivity index (χ0v) is 11.2. The van der Waals surface area contributed by atoms with E-state index in [0.717, 1.165) is 17.9 Å². The van der Waals surface area contributed by atoms with Crippen molar-refractivity contribution in [2.75, 3.05) is 26.2 Å². The van der Waals surface area contributed by atoms with Gasteiger partial charge in [0.15, 0.2) is 0 Å². The van der Waals surface area contributed by atoms with Gasteiger partial charge in [0.25, 0.3) is 0 Å². The summed E-state index contributed by atoms with van der Waals surface area (Å²) in [4.78, 5) is 2.65. The standard InChI is InChI=1S/C15H28N2/c1-2-5-13(4-1)6-3-9-16-15-12-17-10-7-14(15)8-11-17/h13-16H,1-12H2. The maximum absolute atomic E-state index is 3.84. The molecule has 0 radical (unpaired) electrons. The third-order valence-electron chi connectivity index (χ3n) is 5.33. The van der Waals surface area contributed by atoms with Crippen molar-refractivity contribution in [2.24, 2.45) is 11.8 Å². The normalized spacial score (nSPS) is 37.8. The highest BCUT2D eigenvalue weighted by atomic mass is 15.2. The van der Waals surface area contributed by atoms with Crippen LogP contribution in [0.1, 0.15) is 51.4 Å². The molecule has 0 aromatic rings. The van der Waals surface area contributed by atoms with E-state index in [-0.39, 0.29) is 0 Å². The minimum Gasteiger partial charge on any atom is -0.312 e. The topological polar surface area (TPSA) is 15.3 Å². The summed E-state index contributed by atoms with van der Waals surface area (Å²) >= 11 is 0. The smallest absolute Gasteiger partial charge is 0.0224 e. The first-order valence-corrected chi connectivity index (χ1v) is 7.87. The van der Waals surface area contributed by atoms with Crippen molar-refractivity contribution in [1.29, 1.82) is 0 Å². The molecule has 98 valence electrons. The molecule has 1 saturated carbocycles. The van der Waals surface area contributed by atoms with E-state index in [0.29, 0.717) is 0 Å². The molecule has 0 amide bonds. The highest BCUT2D eigenvalue weighted by Crippen LogP contribution is 2.29. The summed E-state index contributed by atoms with van der Waals surface area (Å²) < 4.78 is 0. The second kappa shape index (κ2) is 5.71. The Labute approximate surface area is 106 Å². The molecule has 1 unspecified atom stereocenters. The van der Waals surface area contributed by atoms with Crippen LogP contribution in [0.15, 0.2) is 0 Å². The van der Waals surface area contributed by atoms with Crippen LogP contribution < -0.4 is 5.32 Å². The lowest BCUT2D eigenvalue weighted by Gasteiger charge is -2.45. The van der Waals surface area contributed by atoms with E-state index in [1.807, 2.05) is 0 Å². The first-order chi connectivity index (χ1) is 8.42. The van der Waals surface area contributed by atoms with Gasteiger partial charge in [0, 0.05) is 12.6 Å². The van der Waals surface area contributed by atoms with Crippen molar-refractivity contribution in [3.05, 3.63) is 0 Å². The van der Waals surface area contributed by atoms with Gasteiger partial charge >= 0.3 is 0 Å². The molecule has 3 aliphatic heterocycles. The molecule has 1 aliphatic carbocycles. The Hall–Kier alpha value is -0.0800. The maximum Gasteiger partial charge on any atom is 0.0224 e. The molecule has 17 heavy (non-hydrogen) atoms. The Bertz CT molecular complexity index is 227. The van der Waals surface area contributed by atoms with Crippen LogP contribution in [0.4, 0.5) is 0 Å². The van der Waals surface area contributed by atoms with Crippen LogP contribution in [0.25, 0.3) is 0 Å². The lowest BCUT2D eigenvalue weighted by atomic mass is 9.84. The van der Waals surface area contributed by atoms with Gasteiger partial charge < -0.3 is 10.2 Å². The minimum atomic E-state index is 0.820. The summed E-state index contributed by atoms with van der Waals surface area (Å²) in [5, 5.41) is 3.84. The molecule has 3 saturated heterocycles. The number of hydrogen-bond acceptors (Lipinski definition) is 2. The number of piperidine rings is 3. The lowest BCUT2D eigenvalue weighted by molar-refractivity contribution is 0.0726. The second-order valence-corrected chi connectivity index (χ2v) is 6.49. The summed E-state index contributed by atoms with van der Waals surface area (Å²) in [6, 6.07) is 0.820. The Balaban J connectivity index is 1.31. The van der Waals surface area contributed by atoms with E-state index in [1.54, 1.807) is 0 Å². The van der Waals surface area contributed by atoms with Crippen molar-refractivity contribution < 1.29 is 0 Å². The summed E-state index contributed by atoms with van der Waals surface area (Å²) in [6.45, 7) is 5.33. The number of hydrogen-bond donors (Lipinski definition) is 1. The molecule has 4 rings (SSSR count). The van der Waals surface area contributed by atoms with Crippen molar-refractivity contribution in [1.82, 2.24) is 10.2 Å². The fraction of sp³-hybridized carbons (Fsp3) is 1.00. The SMILES string of the molecule is C1CCC(CCCNC2CN3CCC2CC3)C1. The lowest BCUT2D eigenvalue weighted by Crippen LogP contribution is -2.56. The van der Waals surface area contributed by atoms with Gasteiger partial charge in [-0.15, -0.1) is 0 Å². The molecular formula is C15H28N2.